The van der Waals surface area contributed by atoms with Gasteiger partial charge in [0, 0.05) is 17.8 Å². The number of nitrogens with one attached hydrogen (secondary N) is 2. The molecule has 0 saturated heterocycles. The number of para-hydroxylation sites is 1. The van der Waals surface area contributed by atoms with Crippen molar-refractivity contribution in [1.29, 1.82) is 0 Å². The molecule has 0 atom stereocenters. The van der Waals surface area contributed by atoms with Crippen molar-refractivity contribution in [3.05, 3.63) is 59.7 Å². The fourth-order valence-electron chi connectivity index (χ4n) is 2.80. The summed E-state index contributed by atoms with van der Waals surface area (Å²) in [6, 6.07) is 12.8. The number of hydrogen-bond acceptors (Lipinski definition) is 5. The Morgan fingerprint density at radius 2 is 1.86 bits per heavy atom. The van der Waals surface area contributed by atoms with E-state index in [4.69, 9.17) is 4.74 Å². The normalized spacial score (nSPS) is 13.7. The predicted octanol–water partition coefficient (Wildman–Crippen LogP) is 2.73. The number of sulfonamides is 1. The highest BCUT2D eigenvalue weighted by molar-refractivity contribution is 7.89. The molecule has 0 bridgehead atoms. The highest BCUT2D eigenvalue weighted by atomic mass is 32.2. The average molecular weight is 416 g/mol. The quantitative estimate of drug-likeness (QED) is 0.612. The van der Waals surface area contributed by atoms with Gasteiger partial charge in [-0.15, -0.1) is 0 Å². The number of esters is 1. The van der Waals surface area contributed by atoms with Crippen LogP contribution >= 0.6 is 0 Å². The summed E-state index contributed by atoms with van der Waals surface area (Å²) in [5.41, 5.74) is 1.31. The average Bonchev–Trinajstić information content (AvgIpc) is 3.53. The minimum atomic E-state index is -3.67. The molecule has 2 aromatic rings. The molecule has 8 heteroatoms. The van der Waals surface area contributed by atoms with E-state index < -0.39 is 15.9 Å². The van der Waals surface area contributed by atoms with Crippen LogP contribution in [0.15, 0.2) is 53.4 Å². The van der Waals surface area contributed by atoms with Gasteiger partial charge in [0.25, 0.3) is 5.91 Å². The molecule has 0 spiro atoms. The first-order chi connectivity index (χ1) is 13.9. The Morgan fingerprint density at radius 3 is 2.59 bits per heavy atom. The van der Waals surface area contributed by atoms with E-state index in [-0.39, 0.29) is 29.5 Å². The Hall–Kier alpha value is -2.71. The van der Waals surface area contributed by atoms with Gasteiger partial charge < -0.3 is 10.1 Å². The van der Waals surface area contributed by atoms with Crippen molar-refractivity contribution in [1.82, 2.24) is 4.72 Å². The largest absolute Gasteiger partial charge is 0.466 e. The second kappa shape index (κ2) is 9.19. The number of amides is 1. The zero-order valence-corrected chi connectivity index (χ0v) is 17.0. The first kappa shape index (κ1) is 21.0. The first-order valence-corrected chi connectivity index (χ1v) is 11.0. The molecule has 154 valence electrons. The molecule has 1 saturated carbocycles. The third-order valence-electron chi connectivity index (χ3n) is 4.57. The highest BCUT2D eigenvalue weighted by Gasteiger charge is 2.24. The van der Waals surface area contributed by atoms with E-state index in [9.17, 15) is 18.0 Å². The smallest absolute Gasteiger partial charge is 0.310 e. The van der Waals surface area contributed by atoms with E-state index in [1.54, 1.807) is 37.3 Å². The minimum Gasteiger partial charge on any atom is -0.466 e. The van der Waals surface area contributed by atoms with Crippen LogP contribution in [0.1, 0.15) is 35.7 Å². The molecule has 3 rings (SSSR count). The van der Waals surface area contributed by atoms with Gasteiger partial charge in [-0.2, -0.15) is 0 Å². The van der Waals surface area contributed by atoms with Crippen molar-refractivity contribution < 1.29 is 22.7 Å². The second-order valence-electron chi connectivity index (χ2n) is 6.92. The third-order valence-corrected chi connectivity index (χ3v) is 5.99. The Balaban J connectivity index is 1.74. The van der Waals surface area contributed by atoms with Crippen molar-refractivity contribution in [2.24, 2.45) is 5.92 Å². The minimum absolute atomic E-state index is 0.0315. The summed E-state index contributed by atoms with van der Waals surface area (Å²) in [7, 11) is -3.67. The van der Waals surface area contributed by atoms with Gasteiger partial charge in [-0.25, -0.2) is 13.1 Å². The van der Waals surface area contributed by atoms with Gasteiger partial charge >= 0.3 is 5.97 Å². The summed E-state index contributed by atoms with van der Waals surface area (Å²) in [5.74, 6) is -0.434. The van der Waals surface area contributed by atoms with E-state index in [1.165, 1.54) is 18.2 Å². The van der Waals surface area contributed by atoms with Crippen LogP contribution in [-0.2, 0) is 26.0 Å². The molecule has 2 N–H and O–H groups in total. The summed E-state index contributed by atoms with van der Waals surface area (Å²) in [6.07, 6.45) is 2.11. The Morgan fingerprint density at radius 1 is 1.10 bits per heavy atom. The topological polar surface area (TPSA) is 102 Å². The Kier molecular flexibility index (Phi) is 6.66. The Labute approximate surface area is 170 Å². The number of hydrogen-bond donors (Lipinski definition) is 2. The maximum Gasteiger partial charge on any atom is 0.310 e. The van der Waals surface area contributed by atoms with Gasteiger partial charge in [0.05, 0.1) is 17.9 Å². The lowest BCUT2D eigenvalue weighted by molar-refractivity contribution is -0.142. The van der Waals surface area contributed by atoms with Crippen molar-refractivity contribution in [3.63, 3.8) is 0 Å². The van der Waals surface area contributed by atoms with E-state index in [0.717, 1.165) is 12.8 Å². The van der Waals surface area contributed by atoms with Crippen LogP contribution < -0.4 is 10.0 Å². The number of rotatable bonds is 9. The molecule has 0 aromatic heterocycles. The van der Waals surface area contributed by atoms with Crippen LogP contribution in [0, 0.1) is 5.92 Å². The summed E-state index contributed by atoms with van der Waals surface area (Å²) in [6.45, 7) is 2.43. The van der Waals surface area contributed by atoms with Crippen LogP contribution in [0.4, 0.5) is 5.69 Å². The van der Waals surface area contributed by atoms with Gasteiger partial charge in [0.15, 0.2) is 0 Å². The third kappa shape index (κ3) is 5.88. The van der Waals surface area contributed by atoms with E-state index in [0.29, 0.717) is 23.7 Å². The van der Waals surface area contributed by atoms with Crippen LogP contribution in [0.2, 0.25) is 0 Å². The molecule has 7 nitrogen and oxygen atoms in total. The van der Waals surface area contributed by atoms with Crippen molar-refractivity contribution >= 4 is 27.6 Å². The van der Waals surface area contributed by atoms with Crippen LogP contribution in [0.3, 0.4) is 0 Å². The lowest BCUT2D eigenvalue weighted by Gasteiger charge is -2.12. The van der Waals surface area contributed by atoms with Crippen molar-refractivity contribution in [2.75, 3.05) is 18.5 Å². The fraction of sp³-hybridized carbons (Fsp3) is 0.333. The summed E-state index contributed by atoms with van der Waals surface area (Å²) < 4.78 is 32.4. The van der Waals surface area contributed by atoms with Crippen molar-refractivity contribution in [3.8, 4) is 0 Å². The molecule has 1 aliphatic carbocycles. The highest BCUT2D eigenvalue weighted by Crippen LogP contribution is 2.28. The lowest BCUT2D eigenvalue weighted by atomic mass is 10.1. The van der Waals surface area contributed by atoms with E-state index >= 15 is 0 Å². The molecule has 1 amide bonds. The zero-order valence-electron chi connectivity index (χ0n) is 16.2. The Bertz CT molecular complexity index is 1000. The van der Waals surface area contributed by atoms with Gasteiger partial charge in [-0.05, 0) is 55.5 Å². The van der Waals surface area contributed by atoms with Gasteiger partial charge in [0.2, 0.25) is 10.0 Å². The molecule has 0 unspecified atom stereocenters. The SMILES string of the molecule is CCOC(=O)Cc1ccccc1NC(=O)c1cccc(S(=O)(=O)NCC2CC2)c1. The summed E-state index contributed by atoms with van der Waals surface area (Å²) in [4.78, 5) is 24.5. The van der Waals surface area contributed by atoms with Crippen LogP contribution in [0.5, 0.6) is 0 Å². The first-order valence-electron chi connectivity index (χ1n) is 9.53. The van der Waals surface area contributed by atoms with Gasteiger partial charge in [0.1, 0.15) is 0 Å². The molecule has 0 radical (unpaired) electrons. The summed E-state index contributed by atoms with van der Waals surface area (Å²) >= 11 is 0. The number of anilines is 1. The predicted molar refractivity (Wildman–Crippen MR) is 109 cm³/mol. The maximum atomic E-state index is 12.7. The van der Waals surface area contributed by atoms with Gasteiger partial charge in [-0.3, -0.25) is 9.59 Å². The van der Waals surface area contributed by atoms with Gasteiger partial charge in [-0.1, -0.05) is 24.3 Å². The molecule has 1 aliphatic rings. The monoisotopic (exact) mass is 416 g/mol. The molecular formula is C21H24N2O5S. The molecule has 1 fully saturated rings. The number of ether oxygens (including phenoxy) is 1. The lowest BCUT2D eigenvalue weighted by Crippen LogP contribution is -2.26. The van der Waals surface area contributed by atoms with Crippen LogP contribution in [-0.4, -0.2) is 33.4 Å². The molecule has 29 heavy (non-hydrogen) atoms. The van der Waals surface area contributed by atoms with Crippen molar-refractivity contribution in [2.45, 2.75) is 31.1 Å². The van der Waals surface area contributed by atoms with E-state index in [2.05, 4.69) is 10.0 Å². The van der Waals surface area contributed by atoms with Crippen LogP contribution in [0.25, 0.3) is 0 Å². The number of carbonyl (C=O) groups excluding carboxylic acids is 2. The number of carbonyl (C=O) groups is 2. The zero-order chi connectivity index (χ0) is 20.9. The fourth-order valence-corrected chi connectivity index (χ4v) is 3.96. The maximum absolute atomic E-state index is 12.7. The van der Waals surface area contributed by atoms with E-state index in [1.807, 2.05) is 0 Å². The molecular weight excluding hydrogens is 392 g/mol. The molecule has 2 aromatic carbocycles. The standard InChI is InChI=1S/C21H24N2O5S/c1-2-28-20(24)13-16-6-3-4-9-19(16)23-21(25)17-7-5-8-18(12-17)29(26,27)22-14-15-10-11-15/h3-9,12,15,22H,2,10-11,13-14H2,1H3,(H,23,25). The molecule has 0 heterocycles. The number of benzene rings is 2. The summed E-state index contributed by atoms with van der Waals surface area (Å²) in [5, 5.41) is 2.75. The second-order valence-corrected chi connectivity index (χ2v) is 8.68. The molecule has 0 aliphatic heterocycles.